The molecule has 0 aliphatic rings. The molecule has 10 N–H and O–H groups in total. The fraction of sp³-hybridized carbons (Fsp3) is 0.321. The summed E-state index contributed by atoms with van der Waals surface area (Å²) in [4.78, 5) is 31.3. The van der Waals surface area contributed by atoms with Crippen LogP contribution < -0.4 is 0 Å². The number of hydrogen-bond acceptors (Lipinski definition) is 11. The van der Waals surface area contributed by atoms with Crippen molar-refractivity contribution >= 4 is 17.2 Å². The first-order valence-electron chi connectivity index (χ1n) is 21.4. The van der Waals surface area contributed by atoms with E-state index in [2.05, 4.69) is 145 Å². The highest BCUT2D eigenvalue weighted by molar-refractivity contribution is 7.53. The van der Waals surface area contributed by atoms with Gasteiger partial charge < -0.3 is 50.2 Å². The predicted molar refractivity (Wildman–Crippen MR) is 265 cm³/mol. The number of aliphatic hydroxyl groups is 4. The topological polar surface area (TPSA) is 212 Å². The predicted octanol–water partition coefficient (Wildman–Crippen LogP) is 9.46. The Bertz CT molecular complexity index is 2150. The van der Waals surface area contributed by atoms with Gasteiger partial charge >= 0.3 is 17.2 Å². The van der Waals surface area contributed by atoms with E-state index >= 15 is 0 Å². The maximum Gasteiger partial charge on any atom is 0.334 e. The molecular formula is C53H68O11P2. The Morgan fingerprint density at radius 2 is 0.591 bits per heavy atom. The van der Waals surface area contributed by atoms with Gasteiger partial charge in [-0.3, -0.25) is 0 Å². The molecule has 0 atom stereocenters. The molecule has 0 aliphatic heterocycles. The summed E-state index contributed by atoms with van der Waals surface area (Å²) < 4.78 is 3.60. The first-order valence-corrected chi connectivity index (χ1v) is 23.7. The Kier molecular flexibility index (Phi) is 21.1. The second-order valence-electron chi connectivity index (χ2n) is 18.1. The molecule has 66 heavy (non-hydrogen) atoms. The average Bonchev–Trinajstić information content (AvgIpc) is 3.31. The van der Waals surface area contributed by atoms with Gasteiger partial charge in [0.15, 0.2) is 0 Å². The second-order valence-corrected chi connectivity index (χ2v) is 19.8. The monoisotopic (exact) mass is 942 g/mol. The highest BCUT2D eigenvalue weighted by Crippen LogP contribution is 2.43. The van der Waals surface area contributed by atoms with Crippen LogP contribution in [-0.4, -0.2) is 76.6 Å². The summed E-state index contributed by atoms with van der Waals surface area (Å²) in [7, 11) is -5.22. The van der Waals surface area contributed by atoms with E-state index in [1.807, 2.05) is 72.8 Å². The summed E-state index contributed by atoms with van der Waals surface area (Å²) in [6, 6.07) is 53.8. The molecule has 6 aromatic rings. The highest BCUT2D eigenvalue weighted by atomic mass is 31.2. The van der Waals surface area contributed by atoms with Crippen LogP contribution in [0.15, 0.2) is 158 Å². The zero-order chi connectivity index (χ0) is 49.3. The number of hydrogen-bond donors (Lipinski definition) is 10. The van der Waals surface area contributed by atoms with Crippen molar-refractivity contribution in [2.45, 2.75) is 77.0 Å². The van der Waals surface area contributed by atoms with E-state index in [4.69, 9.17) is 40.0 Å². The standard InChI is InChI=1S/2C24H26O.C5H12O4.H4O5P2/c2*1-23(2,18-11-7-5-8-12-18)20-15-16-22(25)21(17-20)24(3,4)19-13-9-6-10-14-19;6-1-5(2-7,3-8)4-9;1-6(2)5-7(3)4/h2*5-17,25H,1-4H3;6-9H,1-4H2;1-4H. The summed E-state index contributed by atoms with van der Waals surface area (Å²) in [5.41, 5.74) is 7.34. The van der Waals surface area contributed by atoms with Crippen LogP contribution >= 0.6 is 17.2 Å². The van der Waals surface area contributed by atoms with Crippen molar-refractivity contribution in [1.29, 1.82) is 0 Å². The van der Waals surface area contributed by atoms with Gasteiger partial charge in [0, 0.05) is 32.8 Å². The SMILES string of the molecule is CC(C)(c1ccccc1)c1ccc(O)c(C(C)(C)c2ccccc2)c1.CC(C)(c1ccccc1)c1ccc(O)c(C(C)(C)c2ccccc2)c1.OCC(CO)(CO)CO.OP(O)OP(O)O. The van der Waals surface area contributed by atoms with Crippen LogP contribution in [0, 0.1) is 5.41 Å². The van der Waals surface area contributed by atoms with Gasteiger partial charge in [-0.2, -0.15) is 0 Å². The molecule has 0 saturated heterocycles. The average molecular weight is 943 g/mol. The lowest BCUT2D eigenvalue weighted by Gasteiger charge is -2.31. The zero-order valence-electron chi connectivity index (χ0n) is 39.1. The molecule has 6 rings (SSSR count). The molecule has 0 fully saturated rings. The van der Waals surface area contributed by atoms with Crippen LogP contribution in [0.2, 0.25) is 0 Å². The normalized spacial score (nSPS) is 12.0. The molecule has 0 aromatic heterocycles. The maximum atomic E-state index is 10.6. The Balaban J connectivity index is 0.000000265. The van der Waals surface area contributed by atoms with E-state index in [1.165, 1.54) is 33.4 Å². The van der Waals surface area contributed by atoms with Crippen molar-refractivity contribution in [3.05, 3.63) is 202 Å². The van der Waals surface area contributed by atoms with Gasteiger partial charge in [0.25, 0.3) is 0 Å². The maximum absolute atomic E-state index is 10.6. The van der Waals surface area contributed by atoms with Crippen LogP contribution in [0.1, 0.15) is 99.9 Å². The third-order valence-electron chi connectivity index (χ3n) is 12.3. The lowest BCUT2D eigenvalue weighted by atomic mass is 9.73. The summed E-state index contributed by atoms with van der Waals surface area (Å²) in [6.07, 6.45) is 0. The summed E-state index contributed by atoms with van der Waals surface area (Å²) >= 11 is 0. The fourth-order valence-electron chi connectivity index (χ4n) is 7.28. The van der Waals surface area contributed by atoms with Crippen LogP contribution in [0.5, 0.6) is 11.5 Å². The minimum Gasteiger partial charge on any atom is -0.508 e. The molecule has 13 heteroatoms. The van der Waals surface area contributed by atoms with Crippen LogP contribution in [-0.2, 0) is 26.0 Å². The zero-order valence-corrected chi connectivity index (χ0v) is 40.9. The van der Waals surface area contributed by atoms with E-state index in [-0.39, 0.29) is 21.7 Å². The first-order chi connectivity index (χ1) is 31.0. The molecule has 356 valence electrons. The minimum atomic E-state index is -2.61. The van der Waals surface area contributed by atoms with Gasteiger partial charge in [-0.05, 0) is 45.5 Å². The molecular weight excluding hydrogens is 875 g/mol. The second kappa shape index (κ2) is 25.0. The van der Waals surface area contributed by atoms with Crippen molar-refractivity contribution in [3.63, 3.8) is 0 Å². The summed E-state index contributed by atoms with van der Waals surface area (Å²) in [5, 5.41) is 55.1. The number of rotatable bonds is 14. The van der Waals surface area contributed by atoms with Crippen LogP contribution in [0.25, 0.3) is 0 Å². The number of phenols is 2. The molecule has 0 radical (unpaired) electrons. The quantitative estimate of drug-likeness (QED) is 0.0465. The van der Waals surface area contributed by atoms with Crippen molar-refractivity contribution in [2.75, 3.05) is 26.4 Å². The number of benzene rings is 6. The van der Waals surface area contributed by atoms with Gasteiger partial charge in [0.05, 0.1) is 31.8 Å². The Morgan fingerprint density at radius 1 is 0.348 bits per heavy atom. The highest BCUT2D eigenvalue weighted by Gasteiger charge is 2.32. The minimum absolute atomic E-state index is 0.128. The van der Waals surface area contributed by atoms with E-state index in [0.717, 1.165) is 11.1 Å². The van der Waals surface area contributed by atoms with Gasteiger partial charge in [-0.15, -0.1) is 0 Å². The fourth-order valence-corrected chi connectivity index (χ4v) is 7.80. The number of aliphatic hydroxyl groups excluding tert-OH is 4. The third kappa shape index (κ3) is 14.7. The Morgan fingerprint density at radius 3 is 0.788 bits per heavy atom. The van der Waals surface area contributed by atoms with E-state index in [1.54, 1.807) is 0 Å². The Hall–Kier alpha value is -4.58. The van der Waals surface area contributed by atoms with E-state index in [0.29, 0.717) is 11.5 Å². The molecule has 11 nitrogen and oxygen atoms in total. The molecule has 0 unspecified atom stereocenters. The van der Waals surface area contributed by atoms with Crippen molar-refractivity contribution in [3.8, 4) is 11.5 Å². The molecule has 0 amide bonds. The van der Waals surface area contributed by atoms with Gasteiger partial charge in [0.2, 0.25) is 0 Å². The lowest BCUT2D eigenvalue weighted by molar-refractivity contribution is -0.0328. The lowest BCUT2D eigenvalue weighted by Crippen LogP contribution is -2.37. The number of phenolic OH excluding ortho intramolecular Hbond substituents is 2. The van der Waals surface area contributed by atoms with Crippen molar-refractivity contribution in [1.82, 2.24) is 0 Å². The molecule has 0 heterocycles. The van der Waals surface area contributed by atoms with Crippen molar-refractivity contribution < 1.29 is 54.5 Å². The molecule has 0 aliphatic carbocycles. The Labute approximate surface area is 393 Å². The number of aromatic hydroxyl groups is 2. The van der Waals surface area contributed by atoms with Gasteiger partial charge in [-0.25, -0.2) is 4.31 Å². The third-order valence-corrected chi connectivity index (χ3v) is 13.4. The molecule has 6 aromatic carbocycles. The molecule has 0 spiro atoms. The molecule has 0 saturated carbocycles. The van der Waals surface area contributed by atoms with Crippen molar-refractivity contribution in [2.24, 2.45) is 5.41 Å². The summed E-state index contributed by atoms with van der Waals surface area (Å²) in [5.74, 6) is 0.697. The van der Waals surface area contributed by atoms with Crippen LogP contribution in [0.4, 0.5) is 0 Å². The smallest absolute Gasteiger partial charge is 0.334 e. The van der Waals surface area contributed by atoms with Crippen LogP contribution in [0.3, 0.4) is 0 Å². The van der Waals surface area contributed by atoms with E-state index < -0.39 is 49.0 Å². The summed E-state index contributed by atoms with van der Waals surface area (Å²) in [6.45, 7) is 15.9. The van der Waals surface area contributed by atoms with E-state index in [9.17, 15) is 10.2 Å². The van der Waals surface area contributed by atoms with Gasteiger partial charge in [-0.1, -0.05) is 201 Å². The molecule has 0 bridgehead atoms. The largest absolute Gasteiger partial charge is 0.508 e. The van der Waals surface area contributed by atoms with Gasteiger partial charge in [0.1, 0.15) is 11.5 Å². The first kappa shape index (κ1) is 55.7.